The molecule has 1 fully saturated rings. The van der Waals surface area contributed by atoms with E-state index in [1.54, 1.807) is 7.11 Å². The van der Waals surface area contributed by atoms with E-state index < -0.39 is 0 Å². The van der Waals surface area contributed by atoms with Crippen LogP contribution in [0.4, 0.5) is 5.69 Å². The molecule has 0 aromatic heterocycles. The molecule has 1 aliphatic heterocycles. The van der Waals surface area contributed by atoms with Crippen LogP contribution in [0.1, 0.15) is 19.3 Å². The molecule has 1 N–H and O–H groups in total. The van der Waals surface area contributed by atoms with Crippen molar-refractivity contribution in [2.45, 2.75) is 25.3 Å². The number of hydrogen-bond acceptors (Lipinski definition) is 4. The van der Waals surface area contributed by atoms with Crippen LogP contribution in [0.15, 0.2) is 24.3 Å². The van der Waals surface area contributed by atoms with Gasteiger partial charge in [-0.1, -0.05) is 0 Å². The average Bonchev–Trinajstić information content (AvgIpc) is 2.70. The minimum absolute atomic E-state index is 0.516. The lowest BCUT2D eigenvalue weighted by molar-refractivity contribution is 0.144. The minimum atomic E-state index is 0.516. The van der Waals surface area contributed by atoms with Gasteiger partial charge in [-0.25, -0.2) is 0 Å². The zero-order chi connectivity index (χ0) is 13.3. The van der Waals surface area contributed by atoms with Gasteiger partial charge in [-0.3, -0.25) is 0 Å². The van der Waals surface area contributed by atoms with Gasteiger partial charge in [0.05, 0.1) is 6.61 Å². The van der Waals surface area contributed by atoms with Crippen LogP contribution >= 0.6 is 0 Å². The summed E-state index contributed by atoms with van der Waals surface area (Å²) in [7, 11) is 1.67. The van der Waals surface area contributed by atoms with Gasteiger partial charge in [0.15, 0.2) is 0 Å². The van der Waals surface area contributed by atoms with Gasteiger partial charge in [-0.15, -0.1) is 0 Å². The highest BCUT2D eigenvalue weighted by Crippen LogP contribution is 2.19. The van der Waals surface area contributed by atoms with Crippen molar-refractivity contribution < 1.29 is 14.2 Å². The largest absolute Gasteiger partial charge is 0.491 e. The van der Waals surface area contributed by atoms with Crippen molar-refractivity contribution in [1.82, 2.24) is 0 Å². The van der Waals surface area contributed by atoms with Crippen molar-refractivity contribution >= 4 is 5.69 Å². The monoisotopic (exact) mass is 265 g/mol. The fourth-order valence-electron chi connectivity index (χ4n) is 2.17. The van der Waals surface area contributed by atoms with Gasteiger partial charge in [0.2, 0.25) is 0 Å². The lowest BCUT2D eigenvalue weighted by atomic mass is 10.1. The molecule has 1 aromatic rings. The summed E-state index contributed by atoms with van der Waals surface area (Å²) in [6.45, 7) is 2.95. The fourth-order valence-corrected chi connectivity index (χ4v) is 2.17. The van der Waals surface area contributed by atoms with Gasteiger partial charge in [0.1, 0.15) is 12.4 Å². The summed E-state index contributed by atoms with van der Waals surface area (Å²) in [5, 5.41) is 3.56. The number of methoxy groups -OCH3 is 1. The van der Waals surface area contributed by atoms with Gasteiger partial charge in [0, 0.05) is 32.1 Å². The maximum absolute atomic E-state index is 5.54. The molecule has 0 amide bonds. The van der Waals surface area contributed by atoms with Gasteiger partial charge < -0.3 is 19.5 Å². The third-order valence-corrected chi connectivity index (χ3v) is 3.23. The minimum Gasteiger partial charge on any atom is -0.491 e. The predicted octanol–water partition coefficient (Wildman–Crippen LogP) is 2.69. The van der Waals surface area contributed by atoms with Crippen LogP contribution in [0.3, 0.4) is 0 Å². The van der Waals surface area contributed by atoms with Crippen molar-refractivity contribution in [2.24, 2.45) is 0 Å². The first-order chi connectivity index (χ1) is 9.38. The Morgan fingerprint density at radius 3 is 2.79 bits per heavy atom. The van der Waals surface area contributed by atoms with Gasteiger partial charge >= 0.3 is 0 Å². The molecule has 1 unspecified atom stereocenters. The maximum Gasteiger partial charge on any atom is 0.119 e. The Morgan fingerprint density at radius 2 is 2.00 bits per heavy atom. The van der Waals surface area contributed by atoms with E-state index in [9.17, 15) is 0 Å². The van der Waals surface area contributed by atoms with Crippen molar-refractivity contribution in [1.29, 1.82) is 0 Å². The van der Waals surface area contributed by atoms with Crippen LogP contribution in [0, 0.1) is 0 Å². The van der Waals surface area contributed by atoms with Crippen molar-refractivity contribution in [3.63, 3.8) is 0 Å². The highest BCUT2D eigenvalue weighted by Gasteiger charge is 2.11. The number of anilines is 1. The Balaban J connectivity index is 1.80. The van der Waals surface area contributed by atoms with E-state index in [-0.39, 0.29) is 0 Å². The molecule has 1 aliphatic rings. The Morgan fingerprint density at radius 1 is 1.16 bits per heavy atom. The number of hydrogen-bond donors (Lipinski definition) is 1. The van der Waals surface area contributed by atoms with Gasteiger partial charge in [-0.2, -0.15) is 0 Å². The summed E-state index contributed by atoms with van der Waals surface area (Å²) in [4.78, 5) is 0. The molecular weight excluding hydrogens is 242 g/mol. The topological polar surface area (TPSA) is 39.7 Å². The zero-order valence-electron chi connectivity index (χ0n) is 11.6. The summed E-state index contributed by atoms with van der Waals surface area (Å²) in [5.41, 5.74) is 1.14. The molecule has 4 heteroatoms. The molecule has 1 heterocycles. The molecule has 2 rings (SSSR count). The molecule has 19 heavy (non-hydrogen) atoms. The van der Waals surface area contributed by atoms with E-state index in [0.717, 1.165) is 37.5 Å². The van der Waals surface area contributed by atoms with E-state index >= 15 is 0 Å². The van der Waals surface area contributed by atoms with Crippen molar-refractivity contribution in [3.8, 4) is 5.75 Å². The molecule has 0 spiro atoms. The summed E-state index contributed by atoms with van der Waals surface area (Å²) >= 11 is 0. The Kier molecular flexibility index (Phi) is 5.98. The number of benzene rings is 1. The van der Waals surface area contributed by atoms with E-state index in [0.29, 0.717) is 19.3 Å². The van der Waals surface area contributed by atoms with Crippen LogP contribution < -0.4 is 10.1 Å². The molecule has 0 aliphatic carbocycles. The molecule has 1 aromatic carbocycles. The zero-order valence-corrected chi connectivity index (χ0v) is 11.6. The fraction of sp³-hybridized carbons (Fsp3) is 0.600. The molecule has 4 nitrogen and oxygen atoms in total. The van der Waals surface area contributed by atoms with Crippen LogP contribution in [-0.2, 0) is 9.47 Å². The van der Waals surface area contributed by atoms with Gasteiger partial charge in [0.25, 0.3) is 0 Å². The third kappa shape index (κ3) is 5.09. The van der Waals surface area contributed by atoms with E-state index in [4.69, 9.17) is 14.2 Å². The summed E-state index contributed by atoms with van der Waals surface area (Å²) in [6, 6.07) is 8.63. The quantitative estimate of drug-likeness (QED) is 0.803. The van der Waals surface area contributed by atoms with E-state index in [2.05, 4.69) is 17.4 Å². The maximum atomic E-state index is 5.54. The van der Waals surface area contributed by atoms with E-state index in [1.807, 2.05) is 12.1 Å². The molecule has 1 saturated heterocycles. The Hall–Kier alpha value is -1.26. The van der Waals surface area contributed by atoms with Gasteiger partial charge in [-0.05, 0) is 43.5 Å². The van der Waals surface area contributed by atoms with Crippen LogP contribution in [0.25, 0.3) is 0 Å². The van der Waals surface area contributed by atoms with Crippen LogP contribution in [0.2, 0.25) is 0 Å². The highest BCUT2D eigenvalue weighted by molar-refractivity contribution is 5.47. The lowest BCUT2D eigenvalue weighted by Gasteiger charge is -2.17. The highest BCUT2D eigenvalue weighted by atomic mass is 16.5. The number of nitrogens with one attached hydrogen (secondary N) is 1. The van der Waals surface area contributed by atoms with Crippen molar-refractivity contribution in [3.05, 3.63) is 24.3 Å². The standard InChI is InChI=1S/C15H23NO3/c1-17-11-12-19-15-6-4-14(5-7-15)16-13-3-2-9-18-10-8-13/h4-7,13,16H,2-3,8-12H2,1H3. The second kappa shape index (κ2) is 8.02. The Bertz CT molecular complexity index is 345. The second-order valence-corrected chi connectivity index (χ2v) is 4.75. The molecule has 0 radical (unpaired) electrons. The normalized spacial score (nSPS) is 19.7. The number of ether oxygens (including phenoxy) is 3. The lowest BCUT2D eigenvalue weighted by Crippen LogP contribution is -2.19. The third-order valence-electron chi connectivity index (χ3n) is 3.23. The first kappa shape index (κ1) is 14.2. The van der Waals surface area contributed by atoms with Crippen molar-refractivity contribution in [2.75, 3.05) is 38.9 Å². The summed E-state index contributed by atoms with van der Waals surface area (Å²) in [5.74, 6) is 0.881. The predicted molar refractivity (Wildman–Crippen MR) is 75.9 cm³/mol. The van der Waals surface area contributed by atoms with Crippen LogP contribution in [-0.4, -0.2) is 39.6 Å². The summed E-state index contributed by atoms with van der Waals surface area (Å²) < 4.78 is 16.0. The smallest absolute Gasteiger partial charge is 0.119 e. The van der Waals surface area contributed by atoms with Crippen LogP contribution in [0.5, 0.6) is 5.75 Å². The first-order valence-electron chi connectivity index (χ1n) is 6.94. The number of rotatable bonds is 6. The second-order valence-electron chi connectivity index (χ2n) is 4.75. The SMILES string of the molecule is COCCOc1ccc(NC2CCCOCC2)cc1. The summed E-state index contributed by atoms with van der Waals surface area (Å²) in [6.07, 6.45) is 3.38. The average molecular weight is 265 g/mol. The Labute approximate surface area is 115 Å². The first-order valence-corrected chi connectivity index (χ1v) is 6.94. The molecule has 1 atom stereocenters. The molecule has 0 bridgehead atoms. The molecule has 106 valence electrons. The molecular formula is C15H23NO3. The molecule has 0 saturated carbocycles. The van der Waals surface area contributed by atoms with E-state index in [1.165, 1.54) is 6.42 Å².